The van der Waals surface area contributed by atoms with E-state index in [0.717, 1.165) is 61.3 Å². The van der Waals surface area contributed by atoms with Gasteiger partial charge in [0.25, 0.3) is 0 Å². The minimum atomic E-state index is 0.860. The van der Waals surface area contributed by atoms with Crippen LogP contribution in [0.1, 0.15) is 0 Å². The van der Waals surface area contributed by atoms with E-state index >= 15 is 0 Å². The number of furan rings is 1. The van der Waals surface area contributed by atoms with Crippen LogP contribution >= 0.6 is 0 Å². The predicted molar refractivity (Wildman–Crippen MR) is 272 cm³/mol. The molecule has 4 aromatic heterocycles. The van der Waals surface area contributed by atoms with Crippen LogP contribution in [0.4, 0.5) is 0 Å². The fourth-order valence-corrected chi connectivity index (χ4v) is 10.4. The Morgan fingerprint density at radius 2 is 0.892 bits per heavy atom. The Balaban J connectivity index is 1.05. The van der Waals surface area contributed by atoms with Gasteiger partial charge in [-0.3, -0.25) is 4.57 Å². The highest BCUT2D eigenvalue weighted by Crippen LogP contribution is 2.44. The lowest BCUT2D eigenvalue weighted by atomic mass is 9.98. The summed E-state index contributed by atoms with van der Waals surface area (Å²) in [5.41, 5.74) is 14.1. The van der Waals surface area contributed by atoms with Crippen molar-refractivity contribution in [3.63, 3.8) is 0 Å². The molecule has 0 aliphatic carbocycles. The van der Waals surface area contributed by atoms with E-state index in [0.29, 0.717) is 0 Å². The third kappa shape index (κ3) is 5.54. The quantitative estimate of drug-likeness (QED) is 0.173. The summed E-state index contributed by atoms with van der Waals surface area (Å²) in [5, 5.41) is 11.9. The highest BCUT2D eigenvalue weighted by Gasteiger charge is 2.23. The monoisotopic (exact) mass is 827 g/mol. The second-order valence-electron chi connectivity index (χ2n) is 17.1. The second-order valence-corrected chi connectivity index (χ2v) is 17.1. The molecule has 65 heavy (non-hydrogen) atoms. The first-order valence-electron chi connectivity index (χ1n) is 22.2. The van der Waals surface area contributed by atoms with Gasteiger partial charge in [0.05, 0.1) is 27.8 Å². The molecule has 0 amide bonds. The average Bonchev–Trinajstić information content (AvgIpc) is 4.03. The molecule has 0 bridgehead atoms. The number of hydrogen-bond acceptors (Lipinski definition) is 2. The van der Waals surface area contributed by atoms with Gasteiger partial charge in [-0.1, -0.05) is 133 Å². The van der Waals surface area contributed by atoms with Crippen LogP contribution in [0.5, 0.6) is 0 Å². The van der Waals surface area contributed by atoms with E-state index in [9.17, 15) is 0 Å². The number of pyridine rings is 1. The lowest BCUT2D eigenvalue weighted by Crippen LogP contribution is -1.99. The minimum absolute atomic E-state index is 0.860. The van der Waals surface area contributed by atoms with Gasteiger partial charge in [-0.05, 0) is 135 Å². The molecule has 10 aromatic carbocycles. The van der Waals surface area contributed by atoms with Gasteiger partial charge < -0.3 is 8.98 Å². The molecule has 0 unspecified atom stereocenters. The van der Waals surface area contributed by atoms with E-state index < -0.39 is 0 Å². The standard InChI is InChI=1S/C61H37N3O/c1-2-15-47(16-3-1)63-54-29-25-44(42-23-21-38-11-4-6-13-40(38)33-42)35-50(54)49-28-31-56-60(61(49)63)52-36-45(43-24-22-39-12-5-7-14-41(39)34-43)26-30-55(52)64(56)59-20-10-18-53(62-59)46-27-32-58-51(37-46)48-17-8-9-19-57(48)65-58/h1-37H. The van der Waals surface area contributed by atoms with Crippen molar-refractivity contribution < 1.29 is 4.42 Å². The third-order valence-electron chi connectivity index (χ3n) is 13.5. The Morgan fingerprint density at radius 3 is 1.65 bits per heavy atom. The number of nitrogens with zero attached hydrogens (tertiary/aromatic N) is 3. The first-order valence-corrected chi connectivity index (χ1v) is 22.2. The summed E-state index contributed by atoms with van der Waals surface area (Å²) < 4.78 is 11.0. The summed E-state index contributed by atoms with van der Waals surface area (Å²) in [6, 6.07) is 81.1. The van der Waals surface area contributed by atoms with Crippen molar-refractivity contribution in [2.24, 2.45) is 0 Å². The number of hydrogen-bond donors (Lipinski definition) is 0. The number of benzene rings is 10. The molecule has 14 aromatic rings. The van der Waals surface area contributed by atoms with Crippen LogP contribution < -0.4 is 0 Å². The van der Waals surface area contributed by atoms with Gasteiger partial charge in [0.1, 0.15) is 17.0 Å². The largest absolute Gasteiger partial charge is 0.456 e. The van der Waals surface area contributed by atoms with Crippen LogP contribution in [0.15, 0.2) is 229 Å². The van der Waals surface area contributed by atoms with Crippen LogP contribution in [0.3, 0.4) is 0 Å². The van der Waals surface area contributed by atoms with Crippen molar-refractivity contribution in [2.45, 2.75) is 0 Å². The highest BCUT2D eigenvalue weighted by molar-refractivity contribution is 6.27. The smallest absolute Gasteiger partial charge is 0.138 e. The number of fused-ring (bicyclic) bond motifs is 12. The average molecular weight is 828 g/mol. The summed E-state index contributed by atoms with van der Waals surface area (Å²) in [5.74, 6) is 0.860. The van der Waals surface area contributed by atoms with Gasteiger partial charge in [-0.2, -0.15) is 0 Å². The number of para-hydroxylation sites is 2. The normalized spacial score (nSPS) is 12.0. The van der Waals surface area contributed by atoms with E-state index in [2.05, 4.69) is 221 Å². The van der Waals surface area contributed by atoms with Crippen LogP contribution in [0, 0.1) is 0 Å². The Labute approximate surface area is 373 Å². The minimum Gasteiger partial charge on any atom is -0.456 e. The van der Waals surface area contributed by atoms with E-state index in [1.54, 1.807) is 0 Å². The Morgan fingerprint density at radius 1 is 0.323 bits per heavy atom. The summed E-state index contributed by atoms with van der Waals surface area (Å²) in [4.78, 5) is 5.47. The van der Waals surface area contributed by atoms with Crippen molar-refractivity contribution in [3.05, 3.63) is 224 Å². The number of aromatic nitrogens is 3. The van der Waals surface area contributed by atoms with Crippen molar-refractivity contribution >= 4 is 87.1 Å². The Bertz CT molecular complexity index is 4250. The summed E-state index contributed by atoms with van der Waals surface area (Å²) >= 11 is 0. The molecular formula is C61H37N3O. The number of rotatable bonds is 5. The van der Waals surface area contributed by atoms with Gasteiger partial charge in [0, 0.05) is 43.6 Å². The van der Waals surface area contributed by atoms with Gasteiger partial charge in [-0.15, -0.1) is 0 Å². The zero-order valence-electron chi connectivity index (χ0n) is 35.1. The fraction of sp³-hybridized carbons (Fsp3) is 0. The van der Waals surface area contributed by atoms with Crippen molar-refractivity contribution in [2.75, 3.05) is 0 Å². The summed E-state index contributed by atoms with van der Waals surface area (Å²) in [6.07, 6.45) is 0. The van der Waals surface area contributed by atoms with Crippen LogP contribution in [-0.2, 0) is 0 Å². The Kier molecular flexibility index (Phi) is 7.65. The van der Waals surface area contributed by atoms with E-state index in [4.69, 9.17) is 9.40 Å². The van der Waals surface area contributed by atoms with E-state index in [1.165, 1.54) is 70.9 Å². The molecule has 0 spiro atoms. The highest BCUT2D eigenvalue weighted by atomic mass is 16.3. The molecule has 4 heterocycles. The first-order chi connectivity index (χ1) is 32.2. The SMILES string of the molecule is c1ccc(-n2c3ccc(-c4ccc5ccccc5c4)cc3c3ccc4c(c5cc(-c6ccc7ccccc7c6)ccc5n4-c4cccc(-c5ccc6oc7ccccc7c6c5)n4)c32)cc1. The molecule has 302 valence electrons. The molecule has 0 saturated carbocycles. The van der Waals surface area contributed by atoms with Crippen LogP contribution in [0.25, 0.3) is 132 Å². The van der Waals surface area contributed by atoms with Gasteiger partial charge >= 0.3 is 0 Å². The molecule has 4 heteroatoms. The molecule has 0 atom stereocenters. The maximum atomic E-state index is 6.20. The molecule has 0 fully saturated rings. The summed E-state index contributed by atoms with van der Waals surface area (Å²) in [6.45, 7) is 0. The lowest BCUT2D eigenvalue weighted by Gasteiger charge is -2.11. The maximum Gasteiger partial charge on any atom is 0.138 e. The summed E-state index contributed by atoms with van der Waals surface area (Å²) in [7, 11) is 0. The van der Waals surface area contributed by atoms with Gasteiger partial charge in [0.15, 0.2) is 0 Å². The van der Waals surface area contributed by atoms with Crippen LogP contribution in [-0.4, -0.2) is 14.1 Å². The molecule has 4 nitrogen and oxygen atoms in total. The first kappa shape index (κ1) is 35.8. The predicted octanol–water partition coefficient (Wildman–Crippen LogP) is 16.5. The molecule has 0 aliphatic rings. The third-order valence-corrected chi connectivity index (χ3v) is 13.5. The molecule has 0 radical (unpaired) electrons. The molecule has 0 saturated heterocycles. The van der Waals surface area contributed by atoms with Crippen molar-refractivity contribution in [3.8, 4) is 45.0 Å². The fourth-order valence-electron chi connectivity index (χ4n) is 10.4. The second kappa shape index (κ2) is 13.9. The molecule has 14 rings (SSSR count). The van der Waals surface area contributed by atoms with E-state index in [1.807, 2.05) is 12.1 Å². The maximum absolute atomic E-state index is 6.20. The van der Waals surface area contributed by atoms with Gasteiger partial charge in [-0.25, -0.2) is 4.98 Å². The van der Waals surface area contributed by atoms with E-state index in [-0.39, 0.29) is 0 Å². The zero-order chi connectivity index (χ0) is 42.6. The lowest BCUT2D eigenvalue weighted by molar-refractivity contribution is 0.669. The van der Waals surface area contributed by atoms with Crippen molar-refractivity contribution in [1.29, 1.82) is 0 Å². The molecule has 0 N–H and O–H groups in total. The zero-order valence-corrected chi connectivity index (χ0v) is 35.1. The molecule has 0 aliphatic heterocycles. The van der Waals surface area contributed by atoms with Gasteiger partial charge in [0.2, 0.25) is 0 Å². The Hall–Kier alpha value is -8.73. The molecular weight excluding hydrogens is 791 g/mol. The van der Waals surface area contributed by atoms with Crippen molar-refractivity contribution in [1.82, 2.24) is 14.1 Å². The van der Waals surface area contributed by atoms with Crippen LogP contribution in [0.2, 0.25) is 0 Å². The topological polar surface area (TPSA) is 35.9 Å².